The summed E-state index contributed by atoms with van der Waals surface area (Å²) in [5.74, 6) is -2.76. The van der Waals surface area contributed by atoms with Crippen LogP contribution in [-0.4, -0.2) is 67.3 Å². The third-order valence-corrected chi connectivity index (χ3v) is 9.99. The lowest BCUT2D eigenvalue weighted by molar-refractivity contribution is -0.141. The van der Waals surface area contributed by atoms with Crippen molar-refractivity contribution >= 4 is 39.0 Å². The van der Waals surface area contributed by atoms with E-state index in [2.05, 4.69) is 21.4 Å². The number of carbonyl (C=O) groups excluding carboxylic acids is 3. The number of rotatable bonds is 31. The minimum absolute atomic E-state index is 0.0788. The molecule has 0 unspecified atom stereocenters. The summed E-state index contributed by atoms with van der Waals surface area (Å²) in [4.78, 5) is 46.8. The van der Waals surface area contributed by atoms with Crippen LogP contribution < -0.4 is 16.3 Å². The lowest BCUT2D eigenvalue weighted by Gasteiger charge is -2.12. The number of hydrogen-bond acceptors (Lipinski definition) is 9. The summed E-state index contributed by atoms with van der Waals surface area (Å²) in [6, 6.07) is 0. The van der Waals surface area contributed by atoms with Crippen LogP contribution >= 0.6 is 0 Å². The van der Waals surface area contributed by atoms with Crippen molar-refractivity contribution in [2.75, 3.05) is 24.6 Å². The van der Waals surface area contributed by atoms with Crippen LogP contribution in [0.4, 0.5) is 0 Å². The molecule has 0 aromatic rings. The molecule has 45 heavy (non-hydrogen) atoms. The molecule has 0 saturated heterocycles. The van der Waals surface area contributed by atoms with Gasteiger partial charge in [-0.3, -0.25) is 19.2 Å². The first-order valence-electron chi connectivity index (χ1n) is 17.4. The standard InChI is InChI=1S/C33H60N4O7S/c1-2-28(31(39)25-33(41)42)19-16-17-23-34-32(40)22-18-24-45(43,44)27-30(38)21-15-13-11-9-7-5-3-4-6-8-10-12-14-20-29-26-35-37-36-29/h28,35,37H,2-27H2,1H3,(H,34,40)(H,41,42)/t28-/m1/s1. The van der Waals surface area contributed by atoms with Crippen molar-refractivity contribution in [3.05, 3.63) is 0 Å². The van der Waals surface area contributed by atoms with E-state index in [1.54, 1.807) is 0 Å². The molecule has 12 heteroatoms. The summed E-state index contributed by atoms with van der Waals surface area (Å²) in [5.41, 5.74) is 7.01. The van der Waals surface area contributed by atoms with Gasteiger partial charge in [0.05, 0.1) is 18.0 Å². The topological polar surface area (TPSA) is 171 Å². The summed E-state index contributed by atoms with van der Waals surface area (Å²) in [7, 11) is -3.52. The zero-order chi connectivity index (χ0) is 33.2. The van der Waals surface area contributed by atoms with Crippen LogP contribution in [0.2, 0.25) is 0 Å². The number of carbonyl (C=O) groups is 4. The van der Waals surface area contributed by atoms with E-state index < -0.39 is 28.0 Å². The number of nitrogens with zero attached hydrogens (tertiary/aromatic N) is 1. The van der Waals surface area contributed by atoms with E-state index in [0.29, 0.717) is 38.6 Å². The molecule has 0 radical (unpaired) electrons. The van der Waals surface area contributed by atoms with Gasteiger partial charge in [0.15, 0.2) is 9.84 Å². The van der Waals surface area contributed by atoms with Gasteiger partial charge in [-0.2, -0.15) is 5.10 Å². The average molecular weight is 657 g/mol. The predicted molar refractivity (Wildman–Crippen MR) is 179 cm³/mol. The largest absolute Gasteiger partial charge is 0.481 e. The summed E-state index contributed by atoms with van der Waals surface area (Å²) in [5, 5.41) is 15.7. The molecule has 0 aliphatic carbocycles. The van der Waals surface area contributed by atoms with Gasteiger partial charge in [0.25, 0.3) is 0 Å². The molecular weight excluding hydrogens is 596 g/mol. The van der Waals surface area contributed by atoms with E-state index in [4.69, 9.17) is 5.11 Å². The second-order valence-electron chi connectivity index (χ2n) is 12.5. The van der Waals surface area contributed by atoms with Gasteiger partial charge in [0.1, 0.15) is 23.7 Å². The van der Waals surface area contributed by atoms with Crippen molar-refractivity contribution < 1.29 is 32.7 Å². The molecule has 1 aliphatic rings. The Morgan fingerprint density at radius 2 is 1.42 bits per heavy atom. The van der Waals surface area contributed by atoms with Crippen LogP contribution in [0, 0.1) is 5.92 Å². The molecule has 0 saturated carbocycles. The van der Waals surface area contributed by atoms with Crippen LogP contribution in [-0.2, 0) is 29.0 Å². The van der Waals surface area contributed by atoms with Crippen LogP contribution in [0.5, 0.6) is 0 Å². The van der Waals surface area contributed by atoms with E-state index >= 15 is 0 Å². The summed E-state index contributed by atoms with van der Waals surface area (Å²) in [6.07, 6.45) is 19.1. The minimum Gasteiger partial charge on any atom is -0.481 e. The van der Waals surface area contributed by atoms with E-state index in [9.17, 15) is 27.6 Å². The third kappa shape index (κ3) is 23.6. The normalized spacial score (nSPS) is 13.7. The zero-order valence-corrected chi connectivity index (χ0v) is 28.5. The Morgan fingerprint density at radius 1 is 0.822 bits per heavy atom. The second-order valence-corrected chi connectivity index (χ2v) is 14.6. The SMILES string of the molecule is CC[C@H](CCCCNC(=O)CCCS(=O)(=O)CC(=O)CCCCCCCCCCCCCCCC1=NNNC1)C(=O)CC(=O)O. The monoisotopic (exact) mass is 656 g/mol. The van der Waals surface area contributed by atoms with E-state index in [-0.39, 0.29) is 42.0 Å². The number of unbranched alkanes of at least 4 members (excludes halogenated alkanes) is 13. The highest BCUT2D eigenvalue weighted by atomic mass is 32.2. The Labute approximate surface area is 271 Å². The zero-order valence-electron chi connectivity index (χ0n) is 27.7. The molecule has 4 N–H and O–H groups in total. The highest BCUT2D eigenvalue weighted by molar-refractivity contribution is 7.92. The van der Waals surface area contributed by atoms with Crippen molar-refractivity contribution in [2.45, 2.75) is 148 Å². The fourth-order valence-corrected chi connectivity index (χ4v) is 6.96. The van der Waals surface area contributed by atoms with Gasteiger partial charge >= 0.3 is 5.97 Å². The Balaban J connectivity index is 1.93. The number of carboxylic acids is 1. The van der Waals surface area contributed by atoms with E-state index in [0.717, 1.165) is 38.6 Å². The fraction of sp³-hybridized carbons (Fsp3) is 0.848. The van der Waals surface area contributed by atoms with Crippen LogP contribution in [0.15, 0.2) is 5.10 Å². The van der Waals surface area contributed by atoms with Gasteiger partial charge in [-0.15, -0.1) is 0 Å². The molecule has 0 aromatic heterocycles. The number of hydrogen-bond donors (Lipinski definition) is 4. The van der Waals surface area contributed by atoms with Gasteiger partial charge < -0.3 is 10.4 Å². The summed E-state index contributed by atoms with van der Waals surface area (Å²) < 4.78 is 24.6. The molecule has 1 atom stereocenters. The van der Waals surface area contributed by atoms with Crippen molar-refractivity contribution in [1.82, 2.24) is 16.3 Å². The molecule has 1 heterocycles. The predicted octanol–water partition coefficient (Wildman–Crippen LogP) is 5.42. The maximum Gasteiger partial charge on any atom is 0.310 e. The Kier molecular flexibility index (Phi) is 23.3. The minimum atomic E-state index is -3.52. The molecule has 1 amide bonds. The van der Waals surface area contributed by atoms with Gasteiger partial charge in [0.2, 0.25) is 5.91 Å². The Bertz CT molecular complexity index is 1000. The first kappa shape index (κ1) is 40.7. The molecule has 0 bridgehead atoms. The van der Waals surface area contributed by atoms with Crippen molar-refractivity contribution in [3.8, 4) is 0 Å². The van der Waals surface area contributed by atoms with Crippen LogP contribution in [0.25, 0.3) is 0 Å². The quantitative estimate of drug-likeness (QED) is 0.0562. The lowest BCUT2D eigenvalue weighted by atomic mass is 9.93. The number of Topliss-reactive ketones (excluding diaryl/α,β-unsaturated/α-hetero) is 2. The lowest BCUT2D eigenvalue weighted by Crippen LogP contribution is -2.26. The van der Waals surface area contributed by atoms with Gasteiger partial charge in [-0.25, -0.2) is 19.4 Å². The second kappa shape index (κ2) is 25.8. The Morgan fingerprint density at radius 3 is 1.98 bits per heavy atom. The number of carboxylic acid groups (broad SMARTS) is 1. The highest BCUT2D eigenvalue weighted by Crippen LogP contribution is 2.16. The number of hydrazine groups is 1. The average Bonchev–Trinajstić information content (AvgIpc) is 3.49. The maximum atomic E-state index is 12.3. The van der Waals surface area contributed by atoms with Gasteiger partial charge in [-0.1, -0.05) is 84.0 Å². The summed E-state index contributed by atoms with van der Waals surface area (Å²) >= 11 is 0. The number of ketones is 2. The van der Waals surface area contributed by atoms with E-state index in [1.165, 1.54) is 63.5 Å². The van der Waals surface area contributed by atoms with Gasteiger partial charge in [0, 0.05) is 25.3 Å². The number of sulfone groups is 1. The molecule has 11 nitrogen and oxygen atoms in total. The number of amides is 1. The molecule has 0 aromatic carbocycles. The molecule has 1 rings (SSSR count). The van der Waals surface area contributed by atoms with Crippen LogP contribution in [0.3, 0.4) is 0 Å². The molecule has 1 aliphatic heterocycles. The molecular formula is C33H60N4O7S. The molecule has 260 valence electrons. The van der Waals surface area contributed by atoms with Crippen molar-refractivity contribution in [2.24, 2.45) is 11.0 Å². The number of nitrogens with one attached hydrogen (secondary N) is 3. The number of hydrazone groups is 1. The summed E-state index contributed by atoms with van der Waals surface area (Å²) in [6.45, 7) is 3.14. The smallest absolute Gasteiger partial charge is 0.310 e. The van der Waals surface area contributed by atoms with Gasteiger partial charge in [-0.05, 0) is 44.9 Å². The fourth-order valence-electron chi connectivity index (χ4n) is 5.60. The first-order valence-corrected chi connectivity index (χ1v) is 19.2. The molecule has 0 spiro atoms. The highest BCUT2D eigenvalue weighted by Gasteiger charge is 2.19. The van der Waals surface area contributed by atoms with E-state index in [1.807, 2.05) is 6.92 Å². The van der Waals surface area contributed by atoms with Crippen molar-refractivity contribution in [1.29, 1.82) is 0 Å². The van der Waals surface area contributed by atoms with Crippen LogP contribution in [0.1, 0.15) is 148 Å². The van der Waals surface area contributed by atoms with Crippen molar-refractivity contribution in [3.63, 3.8) is 0 Å². The maximum absolute atomic E-state index is 12.3. The third-order valence-electron chi connectivity index (χ3n) is 8.32. The Hall–Kier alpha value is -2.34. The molecule has 0 fully saturated rings. The first-order chi connectivity index (χ1) is 21.6. The number of aliphatic carboxylic acids is 1.